The number of aliphatic hydroxyl groups is 1. The number of halogens is 1. The number of hydrogen-bond donors (Lipinski definition) is 1. The summed E-state index contributed by atoms with van der Waals surface area (Å²) in [6.45, 7) is 3.91. The summed E-state index contributed by atoms with van der Waals surface area (Å²) in [6, 6.07) is 13.4. The Morgan fingerprint density at radius 2 is 1.75 bits per heavy atom. The third-order valence-electron chi connectivity index (χ3n) is 3.55. The maximum absolute atomic E-state index is 10.5. The van der Waals surface area contributed by atoms with Crippen molar-refractivity contribution in [2.24, 2.45) is 0 Å². The molecule has 3 rings (SSSR count). The van der Waals surface area contributed by atoms with Gasteiger partial charge in [-0.1, -0.05) is 48.0 Å². The zero-order valence-corrected chi connectivity index (χ0v) is 12.1. The maximum Gasteiger partial charge on any atom is 0.138 e. The second-order valence-corrected chi connectivity index (χ2v) is 5.40. The first-order chi connectivity index (χ1) is 9.58. The summed E-state index contributed by atoms with van der Waals surface area (Å²) in [5.41, 5.74) is 3.47. The average molecular weight is 287 g/mol. The van der Waals surface area contributed by atoms with E-state index in [1.165, 1.54) is 0 Å². The third kappa shape index (κ3) is 2.11. The van der Waals surface area contributed by atoms with E-state index in [0.29, 0.717) is 16.3 Å². The lowest BCUT2D eigenvalue weighted by Gasteiger charge is -2.11. The quantitative estimate of drug-likeness (QED) is 0.735. The molecule has 0 bridgehead atoms. The maximum atomic E-state index is 10.5. The van der Waals surface area contributed by atoms with Crippen molar-refractivity contribution >= 4 is 22.6 Å². The Morgan fingerprint density at radius 1 is 1.05 bits per heavy atom. The summed E-state index contributed by atoms with van der Waals surface area (Å²) < 4.78 is 5.80. The predicted molar refractivity (Wildman–Crippen MR) is 81.2 cm³/mol. The molecule has 0 aliphatic heterocycles. The molecule has 0 aliphatic rings. The van der Waals surface area contributed by atoms with Gasteiger partial charge >= 0.3 is 0 Å². The van der Waals surface area contributed by atoms with E-state index in [0.717, 1.165) is 22.1 Å². The van der Waals surface area contributed by atoms with Crippen LogP contribution in [0.2, 0.25) is 5.02 Å². The second-order valence-electron chi connectivity index (χ2n) is 5.02. The molecule has 3 aromatic rings. The highest BCUT2D eigenvalue weighted by molar-refractivity contribution is 6.32. The van der Waals surface area contributed by atoms with Gasteiger partial charge in [-0.25, -0.2) is 0 Å². The van der Waals surface area contributed by atoms with E-state index in [9.17, 15) is 5.11 Å². The molecule has 1 unspecified atom stereocenters. The van der Waals surface area contributed by atoms with Gasteiger partial charge in [0, 0.05) is 16.0 Å². The number of benzene rings is 2. The number of aryl methyl sites for hydroxylation is 2. The predicted octanol–water partition coefficient (Wildman–Crippen LogP) is 4.78. The number of furan rings is 1. The largest absolute Gasteiger partial charge is 0.458 e. The van der Waals surface area contributed by atoms with Crippen LogP contribution in [0.4, 0.5) is 0 Å². The molecule has 1 atom stereocenters. The standard InChI is InChI=1S/C17H15ClO2/c1-10-5-4-8-13(15(10)18)16(19)14-9-12-7-3-6-11(2)17(12)20-14/h3-9,16,19H,1-2H3. The average Bonchev–Trinajstić information content (AvgIpc) is 2.87. The zero-order valence-electron chi connectivity index (χ0n) is 11.4. The smallest absolute Gasteiger partial charge is 0.138 e. The van der Waals surface area contributed by atoms with Gasteiger partial charge in [0.05, 0.1) is 0 Å². The van der Waals surface area contributed by atoms with Crippen LogP contribution < -0.4 is 0 Å². The Kier molecular flexibility index (Phi) is 3.28. The van der Waals surface area contributed by atoms with E-state index in [1.807, 2.05) is 56.3 Å². The van der Waals surface area contributed by atoms with Crippen LogP contribution in [0.5, 0.6) is 0 Å². The van der Waals surface area contributed by atoms with Crippen molar-refractivity contribution in [3.05, 3.63) is 69.9 Å². The van der Waals surface area contributed by atoms with Gasteiger partial charge in [-0.2, -0.15) is 0 Å². The first-order valence-corrected chi connectivity index (χ1v) is 6.88. The molecule has 0 amide bonds. The minimum atomic E-state index is -0.853. The molecule has 1 heterocycles. The molecule has 2 aromatic carbocycles. The summed E-state index contributed by atoms with van der Waals surface area (Å²) in [5.74, 6) is 0.516. The first kappa shape index (κ1) is 13.2. The first-order valence-electron chi connectivity index (χ1n) is 6.50. The van der Waals surface area contributed by atoms with Crippen LogP contribution in [0.3, 0.4) is 0 Å². The SMILES string of the molecule is Cc1cccc(C(O)c2cc3cccc(C)c3o2)c1Cl. The van der Waals surface area contributed by atoms with Crippen molar-refractivity contribution in [2.45, 2.75) is 20.0 Å². The van der Waals surface area contributed by atoms with Gasteiger partial charge in [-0.05, 0) is 31.0 Å². The van der Waals surface area contributed by atoms with E-state index >= 15 is 0 Å². The molecule has 2 nitrogen and oxygen atoms in total. The van der Waals surface area contributed by atoms with Gasteiger partial charge in [0.15, 0.2) is 0 Å². The Hall–Kier alpha value is -1.77. The van der Waals surface area contributed by atoms with E-state index in [-0.39, 0.29) is 0 Å². The monoisotopic (exact) mass is 286 g/mol. The van der Waals surface area contributed by atoms with Gasteiger partial charge in [-0.3, -0.25) is 0 Å². The highest BCUT2D eigenvalue weighted by atomic mass is 35.5. The Labute approximate surface area is 122 Å². The van der Waals surface area contributed by atoms with Crippen molar-refractivity contribution in [3.8, 4) is 0 Å². The Bertz CT molecular complexity index is 774. The van der Waals surface area contributed by atoms with E-state index in [1.54, 1.807) is 0 Å². The summed E-state index contributed by atoms with van der Waals surface area (Å²) in [5, 5.41) is 12.1. The van der Waals surface area contributed by atoms with Gasteiger partial charge in [0.1, 0.15) is 17.4 Å². The topological polar surface area (TPSA) is 33.4 Å². The van der Waals surface area contributed by atoms with E-state index in [4.69, 9.17) is 16.0 Å². The van der Waals surface area contributed by atoms with Crippen LogP contribution in [0.25, 0.3) is 11.0 Å². The molecule has 102 valence electrons. The molecular formula is C17H15ClO2. The molecule has 0 fully saturated rings. The highest BCUT2D eigenvalue weighted by Crippen LogP contribution is 2.33. The van der Waals surface area contributed by atoms with Gasteiger partial charge < -0.3 is 9.52 Å². The van der Waals surface area contributed by atoms with Crippen molar-refractivity contribution in [2.75, 3.05) is 0 Å². The number of fused-ring (bicyclic) bond motifs is 1. The van der Waals surface area contributed by atoms with Gasteiger partial charge in [0.25, 0.3) is 0 Å². The van der Waals surface area contributed by atoms with Crippen LogP contribution in [0.1, 0.15) is 28.6 Å². The van der Waals surface area contributed by atoms with Crippen LogP contribution in [0.15, 0.2) is 46.9 Å². The lowest BCUT2D eigenvalue weighted by molar-refractivity contribution is 0.192. The summed E-state index contributed by atoms with van der Waals surface area (Å²) >= 11 is 6.27. The molecule has 1 N–H and O–H groups in total. The number of para-hydroxylation sites is 1. The molecule has 0 radical (unpaired) electrons. The molecule has 0 spiro atoms. The summed E-state index contributed by atoms with van der Waals surface area (Å²) in [7, 11) is 0. The van der Waals surface area contributed by atoms with E-state index in [2.05, 4.69) is 0 Å². The molecule has 0 saturated carbocycles. The molecule has 3 heteroatoms. The van der Waals surface area contributed by atoms with Crippen LogP contribution >= 0.6 is 11.6 Å². The molecule has 0 aliphatic carbocycles. The molecule has 1 aromatic heterocycles. The second kappa shape index (κ2) is 4.97. The minimum Gasteiger partial charge on any atom is -0.458 e. The van der Waals surface area contributed by atoms with Crippen molar-refractivity contribution in [1.29, 1.82) is 0 Å². The van der Waals surface area contributed by atoms with Crippen molar-refractivity contribution < 1.29 is 9.52 Å². The van der Waals surface area contributed by atoms with Crippen LogP contribution in [-0.4, -0.2) is 5.11 Å². The van der Waals surface area contributed by atoms with E-state index < -0.39 is 6.10 Å². The van der Waals surface area contributed by atoms with Gasteiger partial charge in [0.2, 0.25) is 0 Å². The number of hydrogen-bond acceptors (Lipinski definition) is 2. The summed E-state index contributed by atoms with van der Waals surface area (Å²) in [6.07, 6.45) is -0.853. The van der Waals surface area contributed by atoms with Crippen LogP contribution in [-0.2, 0) is 0 Å². The fourth-order valence-electron chi connectivity index (χ4n) is 2.40. The Morgan fingerprint density at radius 3 is 2.50 bits per heavy atom. The third-order valence-corrected chi connectivity index (χ3v) is 4.06. The van der Waals surface area contributed by atoms with Crippen LogP contribution in [0, 0.1) is 13.8 Å². The molecular weight excluding hydrogens is 272 g/mol. The normalized spacial score (nSPS) is 12.8. The Balaban J connectivity index is 2.10. The van der Waals surface area contributed by atoms with Crippen molar-refractivity contribution in [1.82, 2.24) is 0 Å². The molecule has 0 saturated heterocycles. The number of aliphatic hydroxyl groups excluding tert-OH is 1. The summed E-state index contributed by atoms with van der Waals surface area (Å²) in [4.78, 5) is 0. The lowest BCUT2D eigenvalue weighted by atomic mass is 10.0. The zero-order chi connectivity index (χ0) is 14.3. The number of rotatable bonds is 2. The lowest BCUT2D eigenvalue weighted by Crippen LogP contribution is -1.99. The minimum absolute atomic E-state index is 0.516. The van der Waals surface area contributed by atoms with Crippen molar-refractivity contribution in [3.63, 3.8) is 0 Å². The fourth-order valence-corrected chi connectivity index (χ4v) is 2.63. The van der Waals surface area contributed by atoms with Gasteiger partial charge in [-0.15, -0.1) is 0 Å². The highest BCUT2D eigenvalue weighted by Gasteiger charge is 2.19. The fraction of sp³-hybridized carbons (Fsp3) is 0.176. The molecule has 20 heavy (non-hydrogen) atoms.